The highest BCUT2D eigenvalue weighted by molar-refractivity contribution is 5.88. The highest BCUT2D eigenvalue weighted by Crippen LogP contribution is 2.45. The third kappa shape index (κ3) is 4.19. The lowest BCUT2D eigenvalue weighted by Crippen LogP contribution is -2.22. The third-order valence-electron chi connectivity index (χ3n) is 6.37. The van der Waals surface area contributed by atoms with Gasteiger partial charge in [0.2, 0.25) is 0 Å². The SMILES string of the molecule is CCCCC[C@@H]1CCc2c(ccc3c(F)cccc23)[C@H]1c1ccc(OC(F)F)cc1. The van der Waals surface area contributed by atoms with Gasteiger partial charge in [-0.3, -0.25) is 0 Å². The maximum absolute atomic E-state index is 14.3. The van der Waals surface area contributed by atoms with Gasteiger partial charge in [0.25, 0.3) is 0 Å². The van der Waals surface area contributed by atoms with Gasteiger partial charge in [-0.1, -0.05) is 62.6 Å². The fourth-order valence-corrected chi connectivity index (χ4v) is 5.00. The molecular weight excluding hydrogens is 385 g/mol. The highest BCUT2D eigenvalue weighted by atomic mass is 19.3. The van der Waals surface area contributed by atoms with Crippen LogP contribution in [-0.2, 0) is 6.42 Å². The molecule has 1 aliphatic carbocycles. The fourth-order valence-electron chi connectivity index (χ4n) is 5.00. The van der Waals surface area contributed by atoms with Crippen molar-refractivity contribution in [2.24, 2.45) is 5.92 Å². The average molecular weight is 412 g/mol. The summed E-state index contributed by atoms with van der Waals surface area (Å²) in [6.07, 6.45) is 6.69. The van der Waals surface area contributed by atoms with Crippen LogP contribution in [0.15, 0.2) is 54.6 Å². The molecule has 0 saturated heterocycles. The van der Waals surface area contributed by atoms with Crippen molar-refractivity contribution in [3.8, 4) is 5.75 Å². The van der Waals surface area contributed by atoms with E-state index in [4.69, 9.17) is 0 Å². The number of benzene rings is 3. The van der Waals surface area contributed by atoms with Crippen LogP contribution >= 0.6 is 0 Å². The Morgan fingerprint density at radius 1 is 0.967 bits per heavy atom. The number of fused-ring (bicyclic) bond motifs is 3. The summed E-state index contributed by atoms with van der Waals surface area (Å²) in [5.41, 5.74) is 3.56. The number of ether oxygens (including phenoxy) is 1. The molecule has 4 rings (SSSR count). The number of alkyl halides is 2. The molecule has 0 aromatic heterocycles. The van der Waals surface area contributed by atoms with E-state index in [9.17, 15) is 13.2 Å². The van der Waals surface area contributed by atoms with Gasteiger partial charge >= 0.3 is 6.61 Å². The van der Waals surface area contributed by atoms with Crippen LogP contribution in [0, 0.1) is 11.7 Å². The van der Waals surface area contributed by atoms with E-state index in [1.165, 1.54) is 36.5 Å². The minimum atomic E-state index is -2.82. The molecule has 2 atom stereocenters. The highest BCUT2D eigenvalue weighted by Gasteiger charge is 2.31. The molecule has 1 aliphatic rings. The number of hydrogen-bond donors (Lipinski definition) is 0. The molecule has 0 spiro atoms. The maximum Gasteiger partial charge on any atom is 0.387 e. The molecule has 0 amide bonds. The molecule has 0 bridgehead atoms. The second kappa shape index (κ2) is 9.11. The Labute approximate surface area is 175 Å². The Balaban J connectivity index is 1.75. The van der Waals surface area contributed by atoms with Gasteiger partial charge in [0.1, 0.15) is 11.6 Å². The van der Waals surface area contributed by atoms with Crippen LogP contribution in [0.5, 0.6) is 5.75 Å². The summed E-state index contributed by atoms with van der Waals surface area (Å²) in [6.45, 7) is -0.620. The van der Waals surface area contributed by atoms with E-state index in [2.05, 4.69) is 17.7 Å². The van der Waals surface area contributed by atoms with Crippen LogP contribution in [0.3, 0.4) is 0 Å². The van der Waals surface area contributed by atoms with Crippen molar-refractivity contribution in [2.45, 2.75) is 58.0 Å². The summed E-state index contributed by atoms with van der Waals surface area (Å²) in [7, 11) is 0. The Hall–Kier alpha value is -2.49. The van der Waals surface area contributed by atoms with Crippen molar-refractivity contribution in [2.75, 3.05) is 0 Å². The Morgan fingerprint density at radius 3 is 2.50 bits per heavy atom. The third-order valence-corrected chi connectivity index (χ3v) is 6.37. The normalized spacial score (nSPS) is 18.6. The van der Waals surface area contributed by atoms with Crippen LogP contribution in [0.2, 0.25) is 0 Å². The molecule has 30 heavy (non-hydrogen) atoms. The summed E-state index contributed by atoms with van der Waals surface area (Å²) < 4.78 is 43.9. The van der Waals surface area contributed by atoms with Gasteiger partial charge in [-0.25, -0.2) is 4.39 Å². The van der Waals surface area contributed by atoms with E-state index in [1.807, 2.05) is 24.3 Å². The molecule has 1 nitrogen and oxygen atoms in total. The van der Waals surface area contributed by atoms with Gasteiger partial charge in [0, 0.05) is 11.3 Å². The van der Waals surface area contributed by atoms with E-state index in [1.54, 1.807) is 18.2 Å². The Kier molecular flexibility index (Phi) is 6.31. The zero-order valence-corrected chi connectivity index (χ0v) is 17.2. The second-order valence-corrected chi connectivity index (χ2v) is 8.19. The molecule has 3 aromatic rings. The summed E-state index contributed by atoms with van der Waals surface area (Å²) in [5.74, 6) is 0.647. The minimum absolute atomic E-state index is 0.174. The first-order chi connectivity index (χ1) is 14.6. The number of hydrogen-bond acceptors (Lipinski definition) is 1. The molecular formula is C26H27F3O. The molecule has 0 fully saturated rings. The van der Waals surface area contributed by atoms with Gasteiger partial charge in [0.05, 0.1) is 0 Å². The van der Waals surface area contributed by atoms with Gasteiger partial charge < -0.3 is 4.74 Å². The summed E-state index contributed by atoms with van der Waals surface area (Å²) in [6, 6.07) is 16.3. The van der Waals surface area contributed by atoms with Crippen molar-refractivity contribution in [1.29, 1.82) is 0 Å². The minimum Gasteiger partial charge on any atom is -0.435 e. The van der Waals surface area contributed by atoms with E-state index in [0.29, 0.717) is 11.3 Å². The fraction of sp³-hybridized carbons (Fsp3) is 0.385. The lowest BCUT2D eigenvalue weighted by Gasteiger charge is -2.35. The molecule has 0 aliphatic heterocycles. The summed E-state index contributed by atoms with van der Waals surface area (Å²) >= 11 is 0. The van der Waals surface area contributed by atoms with Crippen LogP contribution in [0.1, 0.15) is 61.6 Å². The van der Waals surface area contributed by atoms with Gasteiger partial charge in [-0.2, -0.15) is 8.78 Å². The van der Waals surface area contributed by atoms with E-state index >= 15 is 0 Å². The Bertz CT molecular complexity index is 997. The van der Waals surface area contributed by atoms with Crippen LogP contribution in [-0.4, -0.2) is 6.61 Å². The number of aryl methyl sites for hydroxylation is 1. The topological polar surface area (TPSA) is 9.23 Å². The molecule has 3 aromatic carbocycles. The quantitative estimate of drug-likeness (QED) is 0.359. The van der Waals surface area contributed by atoms with Crippen molar-refractivity contribution < 1.29 is 17.9 Å². The largest absolute Gasteiger partial charge is 0.435 e. The number of rotatable bonds is 7. The zero-order valence-electron chi connectivity index (χ0n) is 17.2. The predicted octanol–water partition coefficient (Wildman–Crippen LogP) is 7.85. The second-order valence-electron chi connectivity index (χ2n) is 8.19. The van der Waals surface area contributed by atoms with E-state index in [-0.39, 0.29) is 17.5 Å². The first-order valence-corrected chi connectivity index (χ1v) is 10.8. The van der Waals surface area contributed by atoms with Crippen molar-refractivity contribution in [1.82, 2.24) is 0 Å². The lowest BCUT2D eigenvalue weighted by atomic mass is 9.69. The molecule has 0 saturated carbocycles. The molecule has 0 N–H and O–H groups in total. The van der Waals surface area contributed by atoms with E-state index < -0.39 is 6.61 Å². The van der Waals surface area contributed by atoms with Crippen molar-refractivity contribution in [3.05, 3.63) is 77.1 Å². The smallest absolute Gasteiger partial charge is 0.387 e. The van der Waals surface area contributed by atoms with Crippen LogP contribution < -0.4 is 4.74 Å². The maximum atomic E-state index is 14.3. The zero-order chi connectivity index (χ0) is 21.1. The molecule has 0 radical (unpaired) electrons. The lowest BCUT2D eigenvalue weighted by molar-refractivity contribution is -0.0498. The van der Waals surface area contributed by atoms with Gasteiger partial charge in [-0.15, -0.1) is 0 Å². The number of halogens is 3. The Morgan fingerprint density at radius 2 is 1.77 bits per heavy atom. The molecule has 158 valence electrons. The summed E-state index contributed by atoms with van der Waals surface area (Å²) in [5, 5.41) is 1.65. The van der Waals surface area contributed by atoms with Crippen LogP contribution in [0.4, 0.5) is 13.2 Å². The average Bonchev–Trinajstić information content (AvgIpc) is 2.74. The van der Waals surface area contributed by atoms with Crippen molar-refractivity contribution in [3.63, 3.8) is 0 Å². The monoisotopic (exact) mass is 412 g/mol. The van der Waals surface area contributed by atoms with Gasteiger partial charge in [0.15, 0.2) is 0 Å². The molecule has 4 heteroatoms. The molecule has 0 unspecified atom stereocenters. The van der Waals surface area contributed by atoms with E-state index in [0.717, 1.165) is 30.2 Å². The molecule has 0 heterocycles. The van der Waals surface area contributed by atoms with Crippen LogP contribution in [0.25, 0.3) is 10.8 Å². The van der Waals surface area contributed by atoms with Gasteiger partial charge in [-0.05, 0) is 65.5 Å². The predicted molar refractivity (Wildman–Crippen MR) is 115 cm³/mol. The van der Waals surface area contributed by atoms with Crippen molar-refractivity contribution >= 4 is 10.8 Å². The standard InChI is InChI=1S/C26H27F3O/c1-2-3-4-6-17-11-14-21-20-7-5-8-24(27)22(20)15-16-23(21)25(17)18-9-12-19(13-10-18)30-26(28)29/h5,7-10,12-13,15-17,25-26H,2-4,6,11,14H2,1H3/t17-,25-/m1/s1. The first kappa shape index (κ1) is 20.8. The summed E-state index contributed by atoms with van der Waals surface area (Å²) in [4.78, 5) is 0. The number of unbranched alkanes of at least 4 members (excludes halogenated alkanes) is 2. The first-order valence-electron chi connectivity index (χ1n) is 10.8.